The normalized spacial score (nSPS) is 18.8. The molecule has 0 amide bonds. The van der Waals surface area contributed by atoms with Crippen molar-refractivity contribution in [3.8, 4) is 0 Å². The summed E-state index contributed by atoms with van der Waals surface area (Å²) in [6.45, 7) is 2.19. The lowest BCUT2D eigenvalue weighted by molar-refractivity contribution is 0.305. The summed E-state index contributed by atoms with van der Waals surface area (Å²) in [6.07, 6.45) is 5.11. The van der Waals surface area contributed by atoms with Crippen molar-refractivity contribution in [3.05, 3.63) is 16.0 Å². The SMILES string of the molecule is CC1(Nc2ncnc(Cl)c2Br)CCC1. The highest BCUT2D eigenvalue weighted by Gasteiger charge is 2.32. The minimum atomic E-state index is 0.181. The Morgan fingerprint density at radius 3 is 2.79 bits per heavy atom. The van der Waals surface area contributed by atoms with E-state index in [1.54, 1.807) is 0 Å². The predicted octanol–water partition coefficient (Wildman–Crippen LogP) is 3.25. The van der Waals surface area contributed by atoms with Crippen LogP contribution in [-0.2, 0) is 0 Å². The molecule has 1 aromatic heterocycles. The molecule has 1 aromatic rings. The Hall–Kier alpha value is -0.350. The van der Waals surface area contributed by atoms with Gasteiger partial charge < -0.3 is 5.32 Å². The number of hydrogen-bond donors (Lipinski definition) is 1. The van der Waals surface area contributed by atoms with E-state index in [0.29, 0.717) is 5.15 Å². The van der Waals surface area contributed by atoms with Crippen molar-refractivity contribution < 1.29 is 0 Å². The van der Waals surface area contributed by atoms with Gasteiger partial charge in [0, 0.05) is 5.54 Å². The molecule has 1 saturated carbocycles. The number of rotatable bonds is 2. The van der Waals surface area contributed by atoms with Crippen LogP contribution in [0, 0.1) is 0 Å². The van der Waals surface area contributed by atoms with Gasteiger partial charge in [0.15, 0.2) is 0 Å². The summed E-state index contributed by atoms with van der Waals surface area (Å²) in [5.74, 6) is 0.784. The Bertz CT molecular complexity index is 352. The number of nitrogens with zero attached hydrogens (tertiary/aromatic N) is 2. The number of halogens is 2. The molecule has 0 saturated heterocycles. The molecule has 0 aromatic carbocycles. The molecular formula is C9H11BrClN3. The van der Waals surface area contributed by atoms with Crippen LogP contribution in [0.25, 0.3) is 0 Å². The second-order valence-electron chi connectivity index (χ2n) is 3.87. The van der Waals surface area contributed by atoms with Crippen molar-refractivity contribution in [3.63, 3.8) is 0 Å². The Labute approximate surface area is 96.4 Å². The molecule has 1 aliphatic carbocycles. The van der Waals surface area contributed by atoms with E-state index in [1.807, 2.05) is 0 Å². The fraction of sp³-hybridized carbons (Fsp3) is 0.556. The molecular weight excluding hydrogens is 265 g/mol. The van der Waals surface area contributed by atoms with Gasteiger partial charge in [0.05, 0.1) is 4.47 Å². The quantitative estimate of drug-likeness (QED) is 0.843. The molecule has 1 fully saturated rings. The summed E-state index contributed by atoms with van der Waals surface area (Å²) < 4.78 is 0.745. The van der Waals surface area contributed by atoms with E-state index in [-0.39, 0.29) is 5.54 Å². The maximum atomic E-state index is 5.87. The van der Waals surface area contributed by atoms with Gasteiger partial charge in [-0.25, -0.2) is 9.97 Å². The lowest BCUT2D eigenvalue weighted by atomic mass is 9.78. The lowest BCUT2D eigenvalue weighted by Crippen LogP contribution is -2.42. The molecule has 14 heavy (non-hydrogen) atoms. The summed E-state index contributed by atoms with van der Waals surface area (Å²) in [6, 6.07) is 0. The highest BCUT2D eigenvalue weighted by molar-refractivity contribution is 9.10. The van der Waals surface area contributed by atoms with Crippen LogP contribution in [0.5, 0.6) is 0 Å². The molecule has 3 nitrogen and oxygen atoms in total. The summed E-state index contributed by atoms with van der Waals surface area (Å²) >= 11 is 9.23. The van der Waals surface area contributed by atoms with Gasteiger partial charge in [-0.2, -0.15) is 0 Å². The van der Waals surface area contributed by atoms with Gasteiger partial charge in [-0.05, 0) is 42.1 Å². The van der Waals surface area contributed by atoms with Crippen LogP contribution in [0.15, 0.2) is 10.8 Å². The maximum absolute atomic E-state index is 5.87. The van der Waals surface area contributed by atoms with Crippen LogP contribution in [-0.4, -0.2) is 15.5 Å². The third kappa shape index (κ3) is 1.86. The fourth-order valence-corrected chi connectivity index (χ4v) is 1.99. The Morgan fingerprint density at radius 2 is 2.21 bits per heavy atom. The molecule has 0 bridgehead atoms. The van der Waals surface area contributed by atoms with Crippen LogP contribution in [0.4, 0.5) is 5.82 Å². The zero-order valence-corrected chi connectivity index (χ0v) is 10.2. The first-order chi connectivity index (χ1) is 6.61. The Kier molecular flexibility index (Phi) is 2.66. The van der Waals surface area contributed by atoms with Gasteiger partial charge in [-0.15, -0.1) is 0 Å². The molecule has 0 radical (unpaired) electrons. The van der Waals surface area contributed by atoms with Crippen molar-refractivity contribution in [1.29, 1.82) is 0 Å². The fourth-order valence-electron chi connectivity index (χ4n) is 1.55. The molecule has 1 heterocycles. The first-order valence-electron chi connectivity index (χ1n) is 4.55. The largest absolute Gasteiger partial charge is 0.364 e. The summed E-state index contributed by atoms with van der Waals surface area (Å²) in [4.78, 5) is 8.03. The molecule has 76 valence electrons. The van der Waals surface area contributed by atoms with Crippen LogP contribution >= 0.6 is 27.5 Å². The van der Waals surface area contributed by atoms with Crippen LogP contribution in [0.2, 0.25) is 5.15 Å². The van der Waals surface area contributed by atoms with Crippen molar-refractivity contribution in [2.75, 3.05) is 5.32 Å². The smallest absolute Gasteiger partial charge is 0.148 e. The van der Waals surface area contributed by atoms with Gasteiger partial charge in [0.2, 0.25) is 0 Å². The van der Waals surface area contributed by atoms with Crippen molar-refractivity contribution in [1.82, 2.24) is 9.97 Å². The second kappa shape index (κ2) is 3.66. The van der Waals surface area contributed by atoms with Gasteiger partial charge in [0.25, 0.3) is 0 Å². The van der Waals surface area contributed by atoms with E-state index >= 15 is 0 Å². The Balaban J connectivity index is 2.20. The van der Waals surface area contributed by atoms with Gasteiger partial charge in [0.1, 0.15) is 17.3 Å². The minimum absolute atomic E-state index is 0.181. The van der Waals surface area contributed by atoms with Crippen molar-refractivity contribution in [2.24, 2.45) is 0 Å². The number of anilines is 1. The summed E-state index contributed by atoms with van der Waals surface area (Å²) in [5, 5.41) is 3.83. The van der Waals surface area contributed by atoms with E-state index in [0.717, 1.165) is 10.3 Å². The number of aromatic nitrogens is 2. The van der Waals surface area contributed by atoms with Gasteiger partial charge in [-0.1, -0.05) is 11.6 Å². The van der Waals surface area contributed by atoms with E-state index in [2.05, 4.69) is 38.1 Å². The first kappa shape index (κ1) is 10.2. The number of nitrogens with one attached hydrogen (secondary N) is 1. The van der Waals surface area contributed by atoms with Crippen molar-refractivity contribution in [2.45, 2.75) is 31.7 Å². The van der Waals surface area contributed by atoms with E-state index < -0.39 is 0 Å². The highest BCUT2D eigenvalue weighted by Crippen LogP contribution is 2.36. The van der Waals surface area contributed by atoms with Gasteiger partial charge in [-0.3, -0.25) is 0 Å². The zero-order chi connectivity index (χ0) is 10.2. The van der Waals surface area contributed by atoms with Crippen LogP contribution in [0.1, 0.15) is 26.2 Å². The molecule has 5 heteroatoms. The topological polar surface area (TPSA) is 37.8 Å². The lowest BCUT2D eigenvalue weighted by Gasteiger charge is -2.39. The van der Waals surface area contributed by atoms with E-state index in [4.69, 9.17) is 11.6 Å². The van der Waals surface area contributed by atoms with E-state index in [1.165, 1.54) is 25.6 Å². The molecule has 0 atom stereocenters. The minimum Gasteiger partial charge on any atom is -0.364 e. The van der Waals surface area contributed by atoms with Crippen LogP contribution < -0.4 is 5.32 Å². The third-order valence-corrected chi connectivity index (χ3v) is 3.89. The molecule has 0 spiro atoms. The maximum Gasteiger partial charge on any atom is 0.148 e. The molecule has 0 aliphatic heterocycles. The van der Waals surface area contributed by atoms with Gasteiger partial charge >= 0.3 is 0 Å². The molecule has 2 rings (SSSR count). The van der Waals surface area contributed by atoms with Crippen LogP contribution in [0.3, 0.4) is 0 Å². The molecule has 0 unspecified atom stereocenters. The standard InChI is InChI=1S/C9H11BrClN3/c1-9(3-2-4-9)14-8-6(10)7(11)12-5-13-8/h5H,2-4H2,1H3,(H,12,13,14). The zero-order valence-electron chi connectivity index (χ0n) is 7.85. The number of hydrogen-bond acceptors (Lipinski definition) is 3. The van der Waals surface area contributed by atoms with Crippen molar-refractivity contribution >= 4 is 33.3 Å². The monoisotopic (exact) mass is 275 g/mol. The summed E-state index contributed by atoms with van der Waals surface area (Å²) in [5.41, 5.74) is 0.181. The predicted molar refractivity (Wildman–Crippen MR) is 60.6 cm³/mol. The average molecular weight is 277 g/mol. The average Bonchev–Trinajstić information content (AvgIpc) is 2.10. The molecule has 1 N–H and O–H groups in total. The van der Waals surface area contributed by atoms with E-state index in [9.17, 15) is 0 Å². The summed E-state index contributed by atoms with van der Waals surface area (Å²) in [7, 11) is 0. The molecule has 1 aliphatic rings. The second-order valence-corrected chi connectivity index (χ2v) is 5.02. The highest BCUT2D eigenvalue weighted by atomic mass is 79.9. The third-order valence-electron chi connectivity index (χ3n) is 2.62. The Morgan fingerprint density at radius 1 is 1.50 bits per heavy atom. The first-order valence-corrected chi connectivity index (χ1v) is 5.72.